The van der Waals surface area contributed by atoms with Gasteiger partial charge in [0.2, 0.25) is 11.8 Å². The number of imide groups is 1. The molecule has 8 nitrogen and oxygen atoms in total. The van der Waals surface area contributed by atoms with Gasteiger partial charge in [-0.3, -0.25) is 19.3 Å². The summed E-state index contributed by atoms with van der Waals surface area (Å²) in [7, 11) is 0. The lowest BCUT2D eigenvalue weighted by atomic mass is 9.68. The Hall–Kier alpha value is -2.59. The summed E-state index contributed by atoms with van der Waals surface area (Å²) in [6.07, 6.45) is 1.04. The minimum atomic E-state index is -1.12. The van der Waals surface area contributed by atoms with Gasteiger partial charge in [-0.1, -0.05) is 37.3 Å². The van der Waals surface area contributed by atoms with E-state index in [9.17, 15) is 24.3 Å². The van der Waals surface area contributed by atoms with Crippen molar-refractivity contribution in [2.24, 2.45) is 35.5 Å². The second-order valence-electron chi connectivity index (χ2n) is 11.8. The van der Waals surface area contributed by atoms with Gasteiger partial charge < -0.3 is 15.0 Å². The van der Waals surface area contributed by atoms with Crippen LogP contribution in [0.3, 0.4) is 0 Å². The number of anilines is 1. The highest BCUT2D eigenvalue weighted by molar-refractivity contribution is 8.00. The number of aromatic nitrogens is 1. The molecule has 1 saturated heterocycles. The number of thiazole rings is 1. The van der Waals surface area contributed by atoms with Gasteiger partial charge in [-0.15, -0.1) is 11.8 Å². The van der Waals surface area contributed by atoms with E-state index in [4.69, 9.17) is 0 Å². The fraction of sp³-hybridized carbons (Fsp3) is 0.586. The summed E-state index contributed by atoms with van der Waals surface area (Å²) in [5, 5.41) is 10.9. The Morgan fingerprint density at radius 2 is 1.72 bits per heavy atom. The molecule has 6 rings (SSSR count). The van der Waals surface area contributed by atoms with Crippen LogP contribution in [0.15, 0.2) is 34.1 Å². The van der Waals surface area contributed by atoms with Crippen LogP contribution in [0, 0.1) is 35.5 Å². The van der Waals surface area contributed by atoms with Crippen molar-refractivity contribution in [2.45, 2.75) is 62.8 Å². The fourth-order valence-electron chi connectivity index (χ4n) is 7.96. The van der Waals surface area contributed by atoms with E-state index in [1.165, 1.54) is 11.3 Å². The molecule has 2 aliphatic carbocycles. The topological polar surface area (TPSA) is 111 Å². The summed E-state index contributed by atoms with van der Waals surface area (Å²) in [4.78, 5) is 59.6. The summed E-state index contributed by atoms with van der Waals surface area (Å²) >= 11 is 2.90. The molecule has 0 spiro atoms. The lowest BCUT2D eigenvalue weighted by molar-refractivity contribution is -0.156. The second-order valence-corrected chi connectivity index (χ2v) is 14.0. The number of aliphatic carboxylic acids is 1. The molecule has 2 aromatic rings. The molecule has 2 amide bonds. The van der Waals surface area contributed by atoms with E-state index in [0.29, 0.717) is 0 Å². The van der Waals surface area contributed by atoms with Crippen molar-refractivity contribution in [1.82, 2.24) is 9.88 Å². The van der Waals surface area contributed by atoms with Crippen molar-refractivity contribution >= 4 is 46.6 Å². The van der Waals surface area contributed by atoms with E-state index < -0.39 is 23.8 Å². The lowest BCUT2D eigenvalue weighted by Crippen LogP contribution is -2.47. The summed E-state index contributed by atoms with van der Waals surface area (Å²) in [6.45, 7) is 9.91. The molecule has 7 unspecified atom stereocenters. The first-order valence-electron chi connectivity index (χ1n) is 14.0. The van der Waals surface area contributed by atoms with E-state index in [1.807, 2.05) is 13.8 Å². The van der Waals surface area contributed by atoms with Crippen LogP contribution in [0.1, 0.15) is 56.9 Å². The van der Waals surface area contributed by atoms with E-state index in [-0.39, 0.29) is 57.9 Å². The molecule has 2 saturated carbocycles. The number of rotatable bonds is 8. The van der Waals surface area contributed by atoms with Gasteiger partial charge >= 0.3 is 10.8 Å². The number of H-pyrrole nitrogens is 1. The zero-order valence-electron chi connectivity index (χ0n) is 22.6. The molecule has 2 N–H and O–H groups in total. The molecule has 0 radical (unpaired) electrons. The van der Waals surface area contributed by atoms with Crippen molar-refractivity contribution in [3.05, 3.63) is 44.4 Å². The molecule has 8 atom stereocenters. The maximum absolute atomic E-state index is 13.8. The van der Waals surface area contributed by atoms with Crippen molar-refractivity contribution in [2.75, 3.05) is 18.0 Å². The molecule has 10 heteroatoms. The Balaban J connectivity index is 1.39. The Morgan fingerprint density at radius 1 is 1.08 bits per heavy atom. The largest absolute Gasteiger partial charge is 0.480 e. The maximum atomic E-state index is 13.8. The summed E-state index contributed by atoms with van der Waals surface area (Å²) in [6, 6.07) is 7.46. The molecular weight excluding hydrogens is 534 g/mol. The average Bonchev–Trinajstić information content (AvgIpc) is 3.63. The Kier molecular flexibility index (Phi) is 6.69. The molecule has 4 aliphatic rings. The van der Waals surface area contributed by atoms with Gasteiger partial charge in [0, 0.05) is 34.8 Å². The quantitative estimate of drug-likeness (QED) is 0.457. The third-order valence-corrected chi connectivity index (χ3v) is 12.0. The van der Waals surface area contributed by atoms with Gasteiger partial charge in [0.15, 0.2) is 0 Å². The first-order chi connectivity index (χ1) is 18.7. The highest BCUT2D eigenvalue weighted by Crippen LogP contribution is 2.68. The highest BCUT2D eigenvalue weighted by atomic mass is 32.2. The third kappa shape index (κ3) is 4.00. The number of hydrogen-bond acceptors (Lipinski definition) is 7. The van der Waals surface area contributed by atoms with Crippen molar-refractivity contribution in [3.63, 3.8) is 0 Å². The SMILES string of the molecule is CCN(CC)c1ccc([C@H]2c3sc(=O)[nH]c3SC3C4CC(C5C(=O)N(C(CC(C)C)C(=O)O)C(=O)C45)C32)cc1. The number of likely N-dealkylation sites (tertiary alicyclic amines) is 1. The Morgan fingerprint density at radius 3 is 2.31 bits per heavy atom. The second kappa shape index (κ2) is 9.80. The number of thioether (sulfide) groups is 1. The van der Waals surface area contributed by atoms with Crippen LogP contribution >= 0.6 is 23.1 Å². The number of nitrogens with one attached hydrogen (secondary N) is 1. The number of fused-ring (bicyclic) bond motifs is 9. The number of benzene rings is 1. The number of carboxylic acid groups (broad SMARTS) is 1. The lowest BCUT2D eigenvalue weighted by Gasteiger charge is -2.43. The summed E-state index contributed by atoms with van der Waals surface area (Å²) in [5.41, 5.74) is 2.27. The van der Waals surface area contributed by atoms with Crippen LogP contribution in [-0.4, -0.2) is 57.2 Å². The Labute approximate surface area is 236 Å². The van der Waals surface area contributed by atoms with Crippen molar-refractivity contribution in [1.29, 1.82) is 0 Å². The highest BCUT2D eigenvalue weighted by Gasteiger charge is 2.70. The minimum Gasteiger partial charge on any atom is -0.480 e. The maximum Gasteiger partial charge on any atom is 0.326 e. The monoisotopic (exact) mass is 569 g/mol. The zero-order valence-corrected chi connectivity index (χ0v) is 24.3. The average molecular weight is 570 g/mol. The first-order valence-corrected chi connectivity index (χ1v) is 15.7. The third-order valence-electron chi connectivity index (χ3n) is 9.43. The van der Waals surface area contributed by atoms with Gasteiger partial charge in [0.05, 0.1) is 16.9 Å². The number of amides is 2. The molecule has 3 fully saturated rings. The fourth-order valence-corrected chi connectivity index (χ4v) is 10.9. The normalized spacial score (nSPS) is 31.4. The standard InChI is InChI=1S/C29H35N3O5S2/c1-5-31(6-2)15-9-7-14(8-10-15)19-20-16-12-17(23(20)38-25-24(19)39-29(37)30-25)22-21(16)26(33)32(27(22)34)18(28(35)36)11-13(3)4/h7-10,13,16-23H,5-6,11-12H2,1-4H3,(H,30,37)(H,35,36)/t16?,17?,18?,19-,20?,21?,22?,23?/m1/s1. The number of carbonyl (C=O) groups is 3. The summed E-state index contributed by atoms with van der Waals surface area (Å²) in [5.74, 6) is -2.62. The molecule has 39 heavy (non-hydrogen) atoms. The van der Waals surface area contributed by atoms with Gasteiger partial charge in [0.1, 0.15) is 6.04 Å². The van der Waals surface area contributed by atoms with Crippen molar-refractivity contribution < 1.29 is 19.5 Å². The van der Waals surface area contributed by atoms with Gasteiger partial charge in [-0.05, 0) is 68.1 Å². The van der Waals surface area contributed by atoms with Crippen LogP contribution in [0.25, 0.3) is 0 Å². The van der Waals surface area contributed by atoms with Gasteiger partial charge in [-0.25, -0.2) is 4.79 Å². The molecule has 1 aromatic carbocycles. The number of nitrogens with zero attached hydrogens (tertiary/aromatic N) is 2. The number of hydrogen-bond donors (Lipinski definition) is 2. The van der Waals surface area contributed by atoms with E-state index in [2.05, 4.69) is 48.0 Å². The first kappa shape index (κ1) is 26.6. The Bertz CT molecular complexity index is 1360. The van der Waals surface area contributed by atoms with E-state index in [1.54, 1.807) is 11.8 Å². The molecule has 2 aliphatic heterocycles. The number of carboxylic acids is 1. The predicted octanol–water partition coefficient (Wildman–Crippen LogP) is 4.26. The predicted molar refractivity (Wildman–Crippen MR) is 151 cm³/mol. The van der Waals surface area contributed by atoms with Crippen LogP contribution in [0.4, 0.5) is 5.69 Å². The number of aromatic amines is 1. The van der Waals surface area contributed by atoms with E-state index in [0.717, 1.165) is 45.6 Å². The summed E-state index contributed by atoms with van der Waals surface area (Å²) < 4.78 is 0. The minimum absolute atomic E-state index is 0.0149. The van der Waals surface area contributed by atoms with Crippen LogP contribution in [0.2, 0.25) is 0 Å². The van der Waals surface area contributed by atoms with Crippen LogP contribution < -0.4 is 9.77 Å². The molecular formula is C29H35N3O5S2. The van der Waals surface area contributed by atoms with Crippen LogP contribution in [-0.2, 0) is 14.4 Å². The molecule has 3 heterocycles. The number of carbonyl (C=O) groups excluding carboxylic acids is 2. The van der Waals surface area contributed by atoms with Crippen LogP contribution in [0.5, 0.6) is 0 Å². The molecule has 2 bridgehead atoms. The smallest absolute Gasteiger partial charge is 0.326 e. The zero-order chi connectivity index (χ0) is 27.7. The molecule has 1 aromatic heterocycles. The van der Waals surface area contributed by atoms with Gasteiger partial charge in [0.25, 0.3) is 0 Å². The van der Waals surface area contributed by atoms with Crippen molar-refractivity contribution in [3.8, 4) is 0 Å². The van der Waals surface area contributed by atoms with E-state index >= 15 is 0 Å². The molecule has 208 valence electrons. The van der Waals surface area contributed by atoms with Gasteiger partial charge in [-0.2, -0.15) is 0 Å².